The summed E-state index contributed by atoms with van der Waals surface area (Å²) in [5.41, 5.74) is 5.15. The largest absolute Gasteiger partial charge is 0.354 e. The molecule has 0 aliphatic rings. The van der Waals surface area contributed by atoms with Crippen LogP contribution < -0.4 is 10.6 Å². The topological polar surface area (TPSA) is 135 Å². The number of nitrogens with one attached hydrogen (secondary N) is 3. The van der Waals surface area contributed by atoms with Crippen LogP contribution in [-0.4, -0.2) is 55.4 Å². The van der Waals surface area contributed by atoms with Crippen molar-refractivity contribution in [3.63, 3.8) is 0 Å². The van der Waals surface area contributed by atoms with Gasteiger partial charge in [-0.15, -0.1) is 5.10 Å². The van der Waals surface area contributed by atoms with E-state index in [0.717, 1.165) is 40.6 Å². The van der Waals surface area contributed by atoms with Gasteiger partial charge in [0.05, 0.1) is 11.3 Å². The van der Waals surface area contributed by atoms with Crippen molar-refractivity contribution < 1.29 is 14.4 Å². The fourth-order valence-electron chi connectivity index (χ4n) is 5.29. The van der Waals surface area contributed by atoms with E-state index >= 15 is 0 Å². The van der Waals surface area contributed by atoms with Crippen molar-refractivity contribution >= 4 is 28.5 Å². The first-order valence-electron chi connectivity index (χ1n) is 14.6. The first kappa shape index (κ1) is 29.4. The molecular formula is C33H35N7O3. The van der Waals surface area contributed by atoms with Gasteiger partial charge in [0.15, 0.2) is 0 Å². The summed E-state index contributed by atoms with van der Waals surface area (Å²) in [6.45, 7) is 1.98. The molecule has 10 heteroatoms. The van der Waals surface area contributed by atoms with Gasteiger partial charge in [0, 0.05) is 29.6 Å². The Labute approximate surface area is 249 Å². The summed E-state index contributed by atoms with van der Waals surface area (Å²) in [6, 6.07) is 24.5. The van der Waals surface area contributed by atoms with Crippen molar-refractivity contribution in [2.45, 2.75) is 51.5 Å². The van der Waals surface area contributed by atoms with E-state index in [1.807, 2.05) is 30.3 Å². The quantitative estimate of drug-likeness (QED) is 0.162. The smallest absolute Gasteiger partial charge is 0.254 e. The summed E-state index contributed by atoms with van der Waals surface area (Å²) >= 11 is 0. The molecule has 0 unspecified atom stereocenters. The molecule has 2 aromatic heterocycles. The molecule has 5 rings (SSSR count). The Morgan fingerprint density at radius 1 is 0.907 bits per heavy atom. The van der Waals surface area contributed by atoms with E-state index in [-0.39, 0.29) is 11.7 Å². The number of amides is 2. The van der Waals surface area contributed by atoms with Crippen molar-refractivity contribution in [2.24, 2.45) is 0 Å². The number of carbonyl (C=O) groups excluding carboxylic acids is 3. The molecule has 0 fully saturated rings. The van der Waals surface area contributed by atoms with Crippen LogP contribution in [0.1, 0.15) is 54.9 Å². The van der Waals surface area contributed by atoms with E-state index < -0.39 is 11.9 Å². The predicted octanol–water partition coefficient (Wildman–Crippen LogP) is 4.81. The summed E-state index contributed by atoms with van der Waals surface area (Å²) in [6.07, 6.45) is 5.22. The van der Waals surface area contributed by atoms with Gasteiger partial charge in [-0.3, -0.25) is 9.59 Å². The van der Waals surface area contributed by atoms with E-state index in [1.165, 1.54) is 11.0 Å². The number of rotatable bonds is 14. The van der Waals surface area contributed by atoms with Gasteiger partial charge in [0.25, 0.3) is 5.91 Å². The first-order valence-corrected chi connectivity index (χ1v) is 14.6. The van der Waals surface area contributed by atoms with E-state index in [2.05, 4.69) is 55.4 Å². The number of tetrazole rings is 1. The number of benzene rings is 3. The van der Waals surface area contributed by atoms with Crippen LogP contribution in [0.4, 0.5) is 0 Å². The average molecular weight is 578 g/mol. The Kier molecular flexibility index (Phi) is 9.68. The van der Waals surface area contributed by atoms with Gasteiger partial charge in [-0.25, -0.2) is 0 Å². The monoisotopic (exact) mass is 577 g/mol. The molecular weight excluding hydrogens is 542 g/mol. The van der Waals surface area contributed by atoms with Gasteiger partial charge in [-0.1, -0.05) is 73.5 Å². The Bertz CT molecular complexity index is 1680. The van der Waals surface area contributed by atoms with Gasteiger partial charge in [0.2, 0.25) is 5.91 Å². The van der Waals surface area contributed by atoms with Crippen LogP contribution in [0.15, 0.2) is 85.2 Å². The number of Topliss-reactive ketones (excluding diaryl/α,β-unsaturated/α-hetero) is 1. The van der Waals surface area contributed by atoms with Crippen LogP contribution in [0.3, 0.4) is 0 Å². The number of nitrogens with zero attached hydrogens (tertiary/aromatic N) is 4. The van der Waals surface area contributed by atoms with Gasteiger partial charge in [-0.05, 0) is 65.9 Å². The van der Waals surface area contributed by atoms with Crippen molar-refractivity contribution in [2.75, 3.05) is 6.54 Å². The number of hydrogen-bond acceptors (Lipinski definition) is 6. The molecule has 2 amide bonds. The number of para-hydroxylation sites is 2. The lowest BCUT2D eigenvalue weighted by atomic mass is 10.0. The molecule has 2 heterocycles. The van der Waals surface area contributed by atoms with Crippen molar-refractivity contribution in [3.05, 3.63) is 96.3 Å². The molecule has 3 aromatic carbocycles. The highest BCUT2D eigenvalue weighted by Gasteiger charge is 2.23. The van der Waals surface area contributed by atoms with E-state index in [4.69, 9.17) is 0 Å². The fourth-order valence-corrected chi connectivity index (χ4v) is 5.29. The maximum Gasteiger partial charge on any atom is 0.254 e. The predicted molar refractivity (Wildman–Crippen MR) is 165 cm³/mol. The Morgan fingerprint density at radius 3 is 2.47 bits per heavy atom. The molecule has 0 bridgehead atoms. The Morgan fingerprint density at radius 2 is 1.67 bits per heavy atom. The van der Waals surface area contributed by atoms with Crippen LogP contribution >= 0.6 is 0 Å². The lowest BCUT2D eigenvalue weighted by Crippen LogP contribution is -2.47. The minimum atomic E-state index is -0.747. The number of unbranched alkanes of at least 4 members (excludes halogenated alkanes) is 2. The molecule has 0 spiro atoms. The van der Waals surface area contributed by atoms with Crippen LogP contribution in [-0.2, 0) is 16.0 Å². The van der Waals surface area contributed by atoms with E-state index in [9.17, 15) is 14.4 Å². The maximum atomic E-state index is 13.5. The SMILES string of the molecule is CC(=O)CCCCC[C@H](NC(=O)c1ccccc1-n1cnnn1)C(=O)NCCc1c(-c2ccccc2)[nH]c2ccccc12. The fraction of sp³-hybridized carbons (Fsp3) is 0.273. The second-order valence-corrected chi connectivity index (χ2v) is 10.5. The summed E-state index contributed by atoms with van der Waals surface area (Å²) in [5.74, 6) is -0.493. The number of hydrogen-bond donors (Lipinski definition) is 3. The minimum Gasteiger partial charge on any atom is -0.354 e. The number of carbonyl (C=O) groups is 3. The second-order valence-electron chi connectivity index (χ2n) is 10.5. The molecule has 5 aromatic rings. The standard InChI is InChI=1S/C33H35N7O3/c1-23(41)12-4-2-7-18-29(37-32(42)27-16-9-11-19-30(27)40-22-35-38-39-40)33(43)34-21-20-26-25-15-8-10-17-28(25)36-31(26)24-13-5-3-6-14-24/h3,5-6,8-11,13-17,19,22,29,36H,2,4,7,12,18,20-21H2,1H3,(H,34,43)(H,37,42)/t29-/m0/s1. The zero-order valence-corrected chi connectivity index (χ0v) is 24.1. The third kappa shape index (κ3) is 7.40. The number of ketones is 1. The van der Waals surface area contributed by atoms with Crippen molar-refractivity contribution in [3.8, 4) is 16.9 Å². The van der Waals surface area contributed by atoms with E-state index in [0.29, 0.717) is 43.5 Å². The first-order chi connectivity index (χ1) is 21.0. The van der Waals surface area contributed by atoms with Crippen molar-refractivity contribution in [1.82, 2.24) is 35.8 Å². The average Bonchev–Trinajstić information content (AvgIpc) is 3.69. The molecule has 0 aliphatic heterocycles. The van der Waals surface area contributed by atoms with Gasteiger partial charge in [0.1, 0.15) is 18.2 Å². The highest BCUT2D eigenvalue weighted by Crippen LogP contribution is 2.30. The number of fused-ring (bicyclic) bond motifs is 1. The highest BCUT2D eigenvalue weighted by molar-refractivity contribution is 6.00. The maximum absolute atomic E-state index is 13.5. The molecule has 0 aliphatic carbocycles. The summed E-state index contributed by atoms with van der Waals surface area (Å²) in [4.78, 5) is 41.9. The second kappa shape index (κ2) is 14.2. The van der Waals surface area contributed by atoms with E-state index in [1.54, 1.807) is 31.2 Å². The molecule has 10 nitrogen and oxygen atoms in total. The van der Waals surface area contributed by atoms with Crippen molar-refractivity contribution in [1.29, 1.82) is 0 Å². The van der Waals surface area contributed by atoms with Crippen LogP contribution in [0.25, 0.3) is 27.8 Å². The highest BCUT2D eigenvalue weighted by atomic mass is 16.2. The molecule has 3 N–H and O–H groups in total. The molecule has 220 valence electrons. The lowest BCUT2D eigenvalue weighted by Gasteiger charge is -2.19. The molecule has 43 heavy (non-hydrogen) atoms. The summed E-state index contributed by atoms with van der Waals surface area (Å²) in [5, 5.41) is 18.4. The number of H-pyrrole nitrogens is 1. The summed E-state index contributed by atoms with van der Waals surface area (Å²) < 4.78 is 1.41. The zero-order valence-electron chi connectivity index (χ0n) is 24.1. The van der Waals surface area contributed by atoms with Gasteiger partial charge in [-0.2, -0.15) is 4.68 Å². The van der Waals surface area contributed by atoms with Gasteiger partial charge >= 0.3 is 0 Å². The molecule has 0 saturated carbocycles. The molecule has 0 saturated heterocycles. The summed E-state index contributed by atoms with van der Waals surface area (Å²) in [7, 11) is 0. The lowest BCUT2D eigenvalue weighted by molar-refractivity contribution is -0.123. The molecule has 1 atom stereocenters. The van der Waals surface area contributed by atoms with Crippen LogP contribution in [0, 0.1) is 0 Å². The third-order valence-electron chi connectivity index (χ3n) is 7.44. The van der Waals surface area contributed by atoms with Gasteiger partial charge < -0.3 is 20.4 Å². The normalized spacial score (nSPS) is 11.7. The number of aromatic nitrogens is 5. The molecule has 0 radical (unpaired) electrons. The minimum absolute atomic E-state index is 0.147. The number of aromatic amines is 1. The van der Waals surface area contributed by atoms with Crippen LogP contribution in [0.2, 0.25) is 0 Å². The Hall–Kier alpha value is -5.12. The Balaban J connectivity index is 1.30. The zero-order chi connectivity index (χ0) is 30.0. The third-order valence-corrected chi connectivity index (χ3v) is 7.44. The van der Waals surface area contributed by atoms with Crippen LogP contribution in [0.5, 0.6) is 0 Å².